The van der Waals surface area contributed by atoms with Crippen molar-refractivity contribution in [3.05, 3.63) is 59.4 Å². The lowest BCUT2D eigenvalue weighted by molar-refractivity contribution is 0.122. The van der Waals surface area contributed by atoms with Crippen LogP contribution in [0.1, 0.15) is 11.1 Å². The maximum absolute atomic E-state index is 14.6. The number of hydrogen-bond acceptors (Lipinski definition) is 9. The van der Waals surface area contributed by atoms with Crippen LogP contribution in [0, 0.1) is 5.82 Å². The molecule has 2 aliphatic rings. The van der Waals surface area contributed by atoms with Crippen molar-refractivity contribution in [1.82, 2.24) is 24.1 Å². The fourth-order valence-electron chi connectivity index (χ4n) is 4.88. The molecule has 0 radical (unpaired) electrons. The zero-order valence-electron chi connectivity index (χ0n) is 20.4. The molecule has 1 saturated heterocycles. The van der Waals surface area contributed by atoms with Gasteiger partial charge in [-0.2, -0.15) is 14.7 Å². The Morgan fingerprint density at radius 3 is 2.81 bits per heavy atom. The standard InChI is InChI=1S/C25H26FN9O2/c1-27-32-24-19(17-3-6-22(34-8-11-36-12-9-34)35-23(17)30-15-31-35)14-29-25(33(24)2)28-13-18-16-7-10-37-21(16)5-4-20(18)26/h3-6,14-15,32H,1,7-13H2,2H3. The Kier molecular flexibility index (Phi) is 6.01. The quantitative estimate of drug-likeness (QED) is 0.318. The third kappa shape index (κ3) is 4.08. The molecule has 0 aliphatic carbocycles. The van der Waals surface area contributed by atoms with Crippen LogP contribution in [-0.4, -0.2) is 63.8 Å². The van der Waals surface area contributed by atoms with Gasteiger partial charge in [0.1, 0.15) is 29.5 Å². The van der Waals surface area contributed by atoms with E-state index in [1.54, 1.807) is 16.8 Å². The summed E-state index contributed by atoms with van der Waals surface area (Å²) in [6.07, 6.45) is 3.91. The average Bonchev–Trinajstić information content (AvgIpc) is 3.60. The molecular weight excluding hydrogens is 477 g/mol. The largest absolute Gasteiger partial charge is 0.493 e. The van der Waals surface area contributed by atoms with Crippen LogP contribution in [-0.2, 0) is 24.8 Å². The number of aromatic nitrogens is 5. The zero-order chi connectivity index (χ0) is 25.4. The van der Waals surface area contributed by atoms with E-state index in [4.69, 9.17) is 9.47 Å². The maximum atomic E-state index is 14.6. The fraction of sp³-hybridized carbons (Fsp3) is 0.320. The number of morpholine rings is 1. The van der Waals surface area contributed by atoms with Crippen molar-refractivity contribution in [1.29, 1.82) is 0 Å². The molecule has 190 valence electrons. The van der Waals surface area contributed by atoms with Crippen molar-refractivity contribution in [3.8, 4) is 16.9 Å². The molecule has 1 aromatic carbocycles. The molecule has 0 atom stereocenters. The number of halogens is 1. The van der Waals surface area contributed by atoms with E-state index in [2.05, 4.69) is 42.2 Å². The van der Waals surface area contributed by atoms with E-state index >= 15 is 0 Å². The second-order valence-corrected chi connectivity index (χ2v) is 8.77. The molecule has 3 aromatic heterocycles. The second kappa shape index (κ2) is 9.62. The predicted octanol–water partition coefficient (Wildman–Crippen LogP) is 2.17. The van der Waals surface area contributed by atoms with Crippen LogP contribution in [0.2, 0.25) is 0 Å². The molecule has 0 saturated carbocycles. The highest BCUT2D eigenvalue weighted by Gasteiger charge is 2.21. The summed E-state index contributed by atoms with van der Waals surface area (Å²) in [6.45, 7) is 7.19. The normalized spacial score (nSPS) is 15.6. The van der Waals surface area contributed by atoms with E-state index in [1.807, 2.05) is 23.7 Å². The molecular formula is C25H26FN9O2. The number of fused-ring (bicyclic) bond motifs is 2. The first kappa shape index (κ1) is 23.1. The van der Waals surface area contributed by atoms with Gasteiger partial charge in [-0.25, -0.2) is 19.4 Å². The van der Waals surface area contributed by atoms with Gasteiger partial charge in [-0.3, -0.25) is 9.99 Å². The first-order valence-corrected chi connectivity index (χ1v) is 12.0. The van der Waals surface area contributed by atoms with E-state index in [0.29, 0.717) is 48.9 Å². The number of benzene rings is 1. The van der Waals surface area contributed by atoms with Crippen LogP contribution < -0.4 is 20.7 Å². The Morgan fingerprint density at radius 1 is 1.11 bits per heavy atom. The monoisotopic (exact) mass is 503 g/mol. The highest BCUT2D eigenvalue weighted by Crippen LogP contribution is 2.32. The summed E-state index contributed by atoms with van der Waals surface area (Å²) in [5, 5.41) is 8.37. The lowest BCUT2D eigenvalue weighted by Gasteiger charge is -2.29. The van der Waals surface area contributed by atoms with E-state index < -0.39 is 0 Å². The third-order valence-corrected chi connectivity index (χ3v) is 6.73. The van der Waals surface area contributed by atoms with Crippen LogP contribution in [0.3, 0.4) is 0 Å². The van der Waals surface area contributed by atoms with Crippen LogP contribution in [0.25, 0.3) is 16.8 Å². The van der Waals surface area contributed by atoms with Gasteiger partial charge in [-0.05, 0) is 24.3 Å². The van der Waals surface area contributed by atoms with Crippen molar-refractivity contribution in [2.75, 3.05) is 43.2 Å². The van der Waals surface area contributed by atoms with Gasteiger partial charge < -0.3 is 14.4 Å². The van der Waals surface area contributed by atoms with Crippen molar-refractivity contribution < 1.29 is 13.9 Å². The topological polar surface area (TPSA) is 106 Å². The lowest BCUT2D eigenvalue weighted by atomic mass is 10.0. The predicted molar refractivity (Wildman–Crippen MR) is 136 cm³/mol. The molecule has 6 rings (SSSR count). The molecule has 11 nitrogen and oxygen atoms in total. The van der Waals surface area contributed by atoms with Gasteiger partial charge in [0.15, 0.2) is 5.65 Å². The molecule has 2 aliphatic heterocycles. The third-order valence-electron chi connectivity index (χ3n) is 6.73. The van der Waals surface area contributed by atoms with Crippen LogP contribution in [0.15, 0.2) is 46.9 Å². The SMILES string of the molecule is C=NNc1c(-c2ccc(N3CCOCC3)n3ncnc23)cnc(=NCc2c(F)ccc3c2CCO3)n1C. The molecule has 1 fully saturated rings. The highest BCUT2D eigenvalue weighted by atomic mass is 19.1. The Bertz CT molecular complexity index is 1560. The Balaban J connectivity index is 1.41. The molecule has 0 bridgehead atoms. The summed E-state index contributed by atoms with van der Waals surface area (Å²) < 4.78 is 29.3. The number of anilines is 2. The summed E-state index contributed by atoms with van der Waals surface area (Å²) in [5.41, 5.74) is 7.03. The number of rotatable bonds is 6. The highest BCUT2D eigenvalue weighted by molar-refractivity contribution is 5.85. The number of hydrogen-bond donors (Lipinski definition) is 1. The molecule has 1 N–H and O–H groups in total. The van der Waals surface area contributed by atoms with Crippen molar-refractivity contribution in [2.45, 2.75) is 13.0 Å². The van der Waals surface area contributed by atoms with Gasteiger partial charge in [0.2, 0.25) is 5.62 Å². The summed E-state index contributed by atoms with van der Waals surface area (Å²) in [6, 6.07) is 7.11. The number of nitrogens with zero attached hydrogens (tertiary/aromatic N) is 8. The van der Waals surface area contributed by atoms with Gasteiger partial charge in [0, 0.05) is 61.7 Å². The summed E-state index contributed by atoms with van der Waals surface area (Å²) >= 11 is 0. The molecule has 0 amide bonds. The smallest absolute Gasteiger partial charge is 0.226 e. The first-order chi connectivity index (χ1) is 18.2. The van der Waals surface area contributed by atoms with Gasteiger partial charge in [0.25, 0.3) is 0 Å². The number of hydrazone groups is 1. The zero-order valence-corrected chi connectivity index (χ0v) is 20.4. The van der Waals surface area contributed by atoms with Crippen LogP contribution in [0.4, 0.5) is 16.0 Å². The van der Waals surface area contributed by atoms with Crippen LogP contribution in [0.5, 0.6) is 5.75 Å². The molecule has 5 heterocycles. The summed E-state index contributed by atoms with van der Waals surface area (Å²) in [7, 11) is 1.82. The summed E-state index contributed by atoms with van der Waals surface area (Å²) in [5.74, 6) is 1.99. The molecule has 0 spiro atoms. The molecule has 37 heavy (non-hydrogen) atoms. The minimum atomic E-state index is -0.298. The maximum Gasteiger partial charge on any atom is 0.226 e. The fourth-order valence-corrected chi connectivity index (χ4v) is 4.88. The van der Waals surface area contributed by atoms with Crippen molar-refractivity contribution in [3.63, 3.8) is 0 Å². The lowest BCUT2D eigenvalue weighted by Crippen LogP contribution is -2.37. The van der Waals surface area contributed by atoms with E-state index in [-0.39, 0.29) is 12.4 Å². The van der Waals surface area contributed by atoms with Gasteiger partial charge >= 0.3 is 0 Å². The Morgan fingerprint density at radius 2 is 1.97 bits per heavy atom. The Hall–Kier alpha value is -4.32. The molecule has 12 heteroatoms. The van der Waals surface area contributed by atoms with Crippen molar-refractivity contribution in [2.24, 2.45) is 17.1 Å². The number of nitrogens with one attached hydrogen (secondary N) is 1. The number of ether oxygens (including phenoxy) is 2. The Labute approximate surface area is 211 Å². The second-order valence-electron chi connectivity index (χ2n) is 8.77. The molecule has 4 aromatic rings. The number of pyridine rings is 1. The van der Waals surface area contributed by atoms with Crippen molar-refractivity contribution >= 4 is 24.0 Å². The van der Waals surface area contributed by atoms with E-state index in [0.717, 1.165) is 41.3 Å². The van der Waals surface area contributed by atoms with Gasteiger partial charge in [0.05, 0.1) is 26.4 Å². The van der Waals surface area contributed by atoms with E-state index in [9.17, 15) is 4.39 Å². The minimum Gasteiger partial charge on any atom is -0.493 e. The van der Waals surface area contributed by atoms with Gasteiger partial charge in [-0.15, -0.1) is 0 Å². The minimum absolute atomic E-state index is 0.141. The van der Waals surface area contributed by atoms with E-state index in [1.165, 1.54) is 12.4 Å². The summed E-state index contributed by atoms with van der Waals surface area (Å²) in [4.78, 5) is 16.0. The van der Waals surface area contributed by atoms with Gasteiger partial charge in [-0.1, -0.05) is 0 Å². The average molecular weight is 504 g/mol. The molecule has 0 unspecified atom stereocenters. The first-order valence-electron chi connectivity index (χ1n) is 12.0. The van der Waals surface area contributed by atoms with Crippen LogP contribution >= 0.6 is 0 Å².